The van der Waals surface area contributed by atoms with Gasteiger partial charge in [-0.15, -0.1) is 11.3 Å². The first-order valence-corrected chi connectivity index (χ1v) is 5.15. The normalized spacial score (nSPS) is 9.69. The Morgan fingerprint density at radius 1 is 1.54 bits per heavy atom. The maximum absolute atomic E-state index is 11.4. The van der Waals surface area contributed by atoms with Gasteiger partial charge in [0.15, 0.2) is 0 Å². The molecule has 0 aliphatic rings. The lowest BCUT2D eigenvalue weighted by Crippen LogP contribution is -2.22. The average molecular weight is 198 g/mol. The first-order valence-electron chi connectivity index (χ1n) is 4.33. The van der Waals surface area contributed by atoms with Crippen molar-refractivity contribution in [1.29, 1.82) is 0 Å². The van der Waals surface area contributed by atoms with Gasteiger partial charge in [-0.1, -0.05) is 6.92 Å². The Hall–Kier alpha value is -1.03. The minimum Gasteiger partial charge on any atom is -0.380 e. The number of hydrogen-bond donors (Lipinski definition) is 2. The zero-order chi connectivity index (χ0) is 9.68. The molecule has 0 atom stereocenters. The summed E-state index contributed by atoms with van der Waals surface area (Å²) < 4.78 is 0. The first-order chi connectivity index (χ1) is 6.27. The number of amides is 1. The van der Waals surface area contributed by atoms with Crippen LogP contribution in [-0.2, 0) is 0 Å². The van der Waals surface area contributed by atoms with Crippen molar-refractivity contribution in [2.75, 3.05) is 18.9 Å². The molecule has 4 heteroatoms. The smallest absolute Gasteiger partial charge is 0.261 e. The topological polar surface area (TPSA) is 41.1 Å². The summed E-state index contributed by atoms with van der Waals surface area (Å²) in [6, 6.07) is 3.74. The molecule has 1 aromatic rings. The van der Waals surface area contributed by atoms with E-state index in [4.69, 9.17) is 0 Å². The van der Waals surface area contributed by atoms with Crippen LogP contribution in [0.2, 0.25) is 0 Å². The number of carbonyl (C=O) groups is 1. The highest BCUT2D eigenvalue weighted by atomic mass is 32.1. The molecule has 3 nitrogen and oxygen atoms in total. The van der Waals surface area contributed by atoms with Gasteiger partial charge in [-0.05, 0) is 18.6 Å². The Morgan fingerprint density at radius 2 is 2.31 bits per heavy atom. The van der Waals surface area contributed by atoms with E-state index in [0.29, 0.717) is 0 Å². The Bertz CT molecular complexity index is 283. The van der Waals surface area contributed by atoms with Gasteiger partial charge in [-0.2, -0.15) is 0 Å². The zero-order valence-corrected chi connectivity index (χ0v) is 8.70. The molecule has 1 heterocycles. The molecular formula is C9H14N2OS. The van der Waals surface area contributed by atoms with E-state index in [9.17, 15) is 4.79 Å². The minimum atomic E-state index is 0.0216. The Balaban J connectivity index is 2.55. The van der Waals surface area contributed by atoms with Gasteiger partial charge in [0.05, 0.1) is 9.88 Å². The van der Waals surface area contributed by atoms with E-state index in [2.05, 4.69) is 10.6 Å². The second-order valence-electron chi connectivity index (χ2n) is 2.67. The molecule has 0 radical (unpaired) electrons. The lowest BCUT2D eigenvalue weighted by Gasteiger charge is -1.99. The van der Waals surface area contributed by atoms with Crippen molar-refractivity contribution in [2.24, 2.45) is 0 Å². The summed E-state index contributed by atoms with van der Waals surface area (Å²) in [5.41, 5.74) is 0. The van der Waals surface area contributed by atoms with E-state index in [1.165, 1.54) is 11.3 Å². The van der Waals surface area contributed by atoms with Crippen molar-refractivity contribution in [3.05, 3.63) is 17.0 Å². The quantitative estimate of drug-likeness (QED) is 0.776. The Morgan fingerprint density at radius 3 is 2.85 bits per heavy atom. The van der Waals surface area contributed by atoms with Crippen molar-refractivity contribution in [2.45, 2.75) is 13.3 Å². The number of nitrogens with one attached hydrogen (secondary N) is 2. The fourth-order valence-corrected chi connectivity index (χ4v) is 1.70. The summed E-state index contributed by atoms with van der Waals surface area (Å²) >= 11 is 1.47. The van der Waals surface area contributed by atoms with Gasteiger partial charge in [-0.3, -0.25) is 4.79 Å². The molecular weight excluding hydrogens is 184 g/mol. The van der Waals surface area contributed by atoms with Crippen molar-refractivity contribution in [3.8, 4) is 0 Å². The molecule has 72 valence electrons. The second-order valence-corrected chi connectivity index (χ2v) is 3.75. The number of carbonyl (C=O) groups excluding carboxylic acids is 1. The Labute approximate surface area is 82.2 Å². The average Bonchev–Trinajstić information content (AvgIpc) is 2.62. The van der Waals surface area contributed by atoms with Gasteiger partial charge in [0.25, 0.3) is 5.91 Å². The Kier molecular flexibility index (Phi) is 3.76. The summed E-state index contributed by atoms with van der Waals surface area (Å²) in [6.45, 7) is 2.78. The maximum Gasteiger partial charge on any atom is 0.261 e. The molecule has 1 aromatic heterocycles. The summed E-state index contributed by atoms with van der Waals surface area (Å²) in [6.07, 6.45) is 0.968. The monoisotopic (exact) mass is 198 g/mol. The number of rotatable bonds is 4. The van der Waals surface area contributed by atoms with Crippen molar-refractivity contribution in [1.82, 2.24) is 5.32 Å². The van der Waals surface area contributed by atoms with Crippen LogP contribution in [-0.4, -0.2) is 19.5 Å². The standard InChI is InChI=1S/C9H14N2OS/c1-3-6-11-9(12)7-4-5-8(10-2)13-7/h4-5,10H,3,6H2,1-2H3,(H,11,12). The van der Waals surface area contributed by atoms with Gasteiger partial charge >= 0.3 is 0 Å². The fraction of sp³-hybridized carbons (Fsp3) is 0.444. The predicted octanol–water partition coefficient (Wildman–Crippen LogP) is 1.93. The van der Waals surface area contributed by atoms with Crippen LogP contribution in [0.1, 0.15) is 23.0 Å². The second kappa shape index (κ2) is 4.87. The van der Waals surface area contributed by atoms with Crippen molar-refractivity contribution < 1.29 is 4.79 Å². The first kappa shape index (κ1) is 10.1. The summed E-state index contributed by atoms with van der Waals surface area (Å²) in [4.78, 5) is 12.2. The SMILES string of the molecule is CCCNC(=O)c1ccc(NC)s1. The van der Waals surface area contributed by atoms with E-state index in [1.807, 2.05) is 26.1 Å². The van der Waals surface area contributed by atoms with E-state index in [-0.39, 0.29) is 5.91 Å². The molecule has 1 rings (SSSR count). The van der Waals surface area contributed by atoms with Crippen LogP contribution >= 0.6 is 11.3 Å². The molecule has 0 saturated carbocycles. The van der Waals surface area contributed by atoms with Crippen LogP contribution in [0.3, 0.4) is 0 Å². The van der Waals surface area contributed by atoms with E-state index in [1.54, 1.807) is 0 Å². The highest BCUT2D eigenvalue weighted by Crippen LogP contribution is 2.20. The molecule has 0 aromatic carbocycles. The largest absolute Gasteiger partial charge is 0.380 e. The number of anilines is 1. The lowest BCUT2D eigenvalue weighted by atomic mass is 10.4. The molecule has 0 saturated heterocycles. The van der Waals surface area contributed by atoms with Crippen LogP contribution in [0.5, 0.6) is 0 Å². The third-order valence-electron chi connectivity index (χ3n) is 1.61. The highest BCUT2D eigenvalue weighted by Gasteiger charge is 2.06. The zero-order valence-electron chi connectivity index (χ0n) is 7.89. The van der Waals surface area contributed by atoms with Gasteiger partial charge in [-0.25, -0.2) is 0 Å². The van der Waals surface area contributed by atoms with Crippen LogP contribution in [0.4, 0.5) is 5.00 Å². The van der Waals surface area contributed by atoms with Gasteiger partial charge < -0.3 is 10.6 Å². The molecule has 0 spiro atoms. The highest BCUT2D eigenvalue weighted by molar-refractivity contribution is 7.17. The van der Waals surface area contributed by atoms with E-state index in [0.717, 1.165) is 22.8 Å². The summed E-state index contributed by atoms with van der Waals surface area (Å²) in [5, 5.41) is 6.84. The van der Waals surface area contributed by atoms with Crippen molar-refractivity contribution >= 4 is 22.2 Å². The molecule has 2 N–H and O–H groups in total. The maximum atomic E-state index is 11.4. The van der Waals surface area contributed by atoms with Crippen LogP contribution in [0.25, 0.3) is 0 Å². The molecule has 0 aliphatic heterocycles. The number of thiophene rings is 1. The predicted molar refractivity (Wildman–Crippen MR) is 56.5 cm³/mol. The van der Waals surface area contributed by atoms with Crippen LogP contribution in [0, 0.1) is 0 Å². The van der Waals surface area contributed by atoms with Crippen molar-refractivity contribution in [3.63, 3.8) is 0 Å². The molecule has 1 amide bonds. The van der Waals surface area contributed by atoms with E-state index < -0.39 is 0 Å². The third kappa shape index (κ3) is 2.73. The minimum absolute atomic E-state index is 0.0216. The van der Waals surface area contributed by atoms with Crippen LogP contribution < -0.4 is 10.6 Å². The lowest BCUT2D eigenvalue weighted by molar-refractivity contribution is 0.0957. The van der Waals surface area contributed by atoms with Crippen LogP contribution in [0.15, 0.2) is 12.1 Å². The molecule has 13 heavy (non-hydrogen) atoms. The molecule has 0 bridgehead atoms. The molecule has 0 unspecified atom stereocenters. The fourth-order valence-electron chi connectivity index (χ4n) is 0.920. The third-order valence-corrected chi connectivity index (χ3v) is 2.71. The summed E-state index contributed by atoms with van der Waals surface area (Å²) in [7, 11) is 1.85. The van der Waals surface area contributed by atoms with Gasteiger partial charge in [0.1, 0.15) is 0 Å². The van der Waals surface area contributed by atoms with E-state index >= 15 is 0 Å². The summed E-state index contributed by atoms with van der Waals surface area (Å²) in [5.74, 6) is 0.0216. The van der Waals surface area contributed by atoms with Gasteiger partial charge in [0, 0.05) is 13.6 Å². The van der Waals surface area contributed by atoms with Gasteiger partial charge in [0.2, 0.25) is 0 Å². The number of hydrogen-bond acceptors (Lipinski definition) is 3. The molecule has 0 aliphatic carbocycles. The molecule has 0 fully saturated rings.